The van der Waals surface area contributed by atoms with Gasteiger partial charge in [0.15, 0.2) is 0 Å². The first-order valence-electron chi connectivity index (χ1n) is 6.35. The van der Waals surface area contributed by atoms with Crippen molar-refractivity contribution < 1.29 is 0 Å². The number of rotatable bonds is 5. The van der Waals surface area contributed by atoms with Crippen LogP contribution in [-0.4, -0.2) is 14.8 Å². The Bertz CT molecular complexity index is 596. The highest BCUT2D eigenvalue weighted by molar-refractivity contribution is 9.10. The van der Waals surface area contributed by atoms with Crippen LogP contribution >= 0.6 is 31.9 Å². The standard InChI is InChI=1S/C13H17Br2N5/c1-3-9-12(15)11(20(2)19-9)7-10(18-16)13-8(14)5-4-6-17-13/h4-6,10,18H,3,7,16H2,1-2H3. The molecule has 3 N–H and O–H groups in total. The number of hydrazine groups is 1. The Morgan fingerprint density at radius 3 is 2.75 bits per heavy atom. The van der Waals surface area contributed by atoms with Gasteiger partial charge < -0.3 is 0 Å². The van der Waals surface area contributed by atoms with Crippen LogP contribution in [0.5, 0.6) is 0 Å². The van der Waals surface area contributed by atoms with E-state index in [2.05, 4.69) is 54.3 Å². The van der Waals surface area contributed by atoms with Gasteiger partial charge in [-0.1, -0.05) is 6.92 Å². The van der Waals surface area contributed by atoms with Gasteiger partial charge in [0.1, 0.15) is 0 Å². The summed E-state index contributed by atoms with van der Waals surface area (Å²) in [6.07, 6.45) is 3.36. The van der Waals surface area contributed by atoms with E-state index in [1.54, 1.807) is 6.20 Å². The van der Waals surface area contributed by atoms with Crippen molar-refractivity contribution in [3.63, 3.8) is 0 Å². The molecule has 0 bridgehead atoms. The predicted octanol–water partition coefficient (Wildman–Crippen LogP) is 2.65. The van der Waals surface area contributed by atoms with Crippen molar-refractivity contribution in [3.05, 3.63) is 44.4 Å². The van der Waals surface area contributed by atoms with Crippen LogP contribution in [0.25, 0.3) is 0 Å². The summed E-state index contributed by atoms with van der Waals surface area (Å²) in [5.74, 6) is 5.71. The van der Waals surface area contributed by atoms with Crippen molar-refractivity contribution in [2.75, 3.05) is 0 Å². The summed E-state index contributed by atoms with van der Waals surface area (Å²) in [4.78, 5) is 4.40. The Hall–Kier alpha value is -0.760. The molecule has 20 heavy (non-hydrogen) atoms. The van der Waals surface area contributed by atoms with Gasteiger partial charge >= 0.3 is 0 Å². The maximum Gasteiger partial charge on any atom is 0.0766 e. The summed E-state index contributed by atoms with van der Waals surface area (Å²) in [5, 5.41) is 4.50. The van der Waals surface area contributed by atoms with E-state index in [9.17, 15) is 0 Å². The summed E-state index contributed by atoms with van der Waals surface area (Å²) in [6, 6.07) is 3.76. The summed E-state index contributed by atoms with van der Waals surface area (Å²) < 4.78 is 3.89. The Kier molecular flexibility index (Phi) is 5.31. The number of aryl methyl sites for hydroxylation is 2. The molecule has 1 unspecified atom stereocenters. The lowest BCUT2D eigenvalue weighted by molar-refractivity contribution is 0.515. The zero-order valence-electron chi connectivity index (χ0n) is 11.4. The smallest absolute Gasteiger partial charge is 0.0766 e. The van der Waals surface area contributed by atoms with Crippen molar-refractivity contribution in [1.29, 1.82) is 0 Å². The second-order valence-corrected chi connectivity index (χ2v) is 6.13. The van der Waals surface area contributed by atoms with Gasteiger partial charge in [-0.05, 0) is 50.4 Å². The predicted molar refractivity (Wildman–Crippen MR) is 86.0 cm³/mol. The second kappa shape index (κ2) is 6.80. The first-order chi connectivity index (χ1) is 9.58. The molecule has 0 spiro atoms. The monoisotopic (exact) mass is 401 g/mol. The third-order valence-corrected chi connectivity index (χ3v) is 4.80. The normalized spacial score (nSPS) is 12.7. The molecule has 7 heteroatoms. The summed E-state index contributed by atoms with van der Waals surface area (Å²) in [6.45, 7) is 2.09. The van der Waals surface area contributed by atoms with Gasteiger partial charge in [-0.25, -0.2) is 0 Å². The van der Waals surface area contributed by atoms with Crippen molar-refractivity contribution in [2.24, 2.45) is 12.9 Å². The highest BCUT2D eigenvalue weighted by Crippen LogP contribution is 2.28. The zero-order valence-corrected chi connectivity index (χ0v) is 14.6. The first kappa shape index (κ1) is 15.6. The molecular weight excluding hydrogens is 386 g/mol. The molecule has 5 nitrogen and oxygen atoms in total. The van der Waals surface area contributed by atoms with E-state index >= 15 is 0 Å². The molecule has 0 aromatic carbocycles. The van der Waals surface area contributed by atoms with Gasteiger partial charge in [-0.2, -0.15) is 5.10 Å². The Labute approximate surface area is 135 Å². The highest BCUT2D eigenvalue weighted by atomic mass is 79.9. The number of aromatic nitrogens is 3. The number of hydrogen-bond acceptors (Lipinski definition) is 4. The van der Waals surface area contributed by atoms with Crippen LogP contribution in [0.2, 0.25) is 0 Å². The molecule has 0 fully saturated rings. The number of pyridine rings is 1. The summed E-state index contributed by atoms with van der Waals surface area (Å²) in [5.41, 5.74) is 5.88. The minimum atomic E-state index is -0.0815. The van der Waals surface area contributed by atoms with Crippen molar-refractivity contribution >= 4 is 31.9 Å². The maximum absolute atomic E-state index is 5.71. The lowest BCUT2D eigenvalue weighted by Crippen LogP contribution is -2.31. The van der Waals surface area contributed by atoms with Crippen LogP contribution in [0.15, 0.2) is 27.3 Å². The lowest BCUT2D eigenvalue weighted by Gasteiger charge is -2.17. The quantitative estimate of drug-likeness (QED) is 0.595. The molecule has 0 aliphatic carbocycles. The highest BCUT2D eigenvalue weighted by Gasteiger charge is 2.20. The van der Waals surface area contributed by atoms with Crippen LogP contribution in [0.4, 0.5) is 0 Å². The van der Waals surface area contributed by atoms with E-state index in [4.69, 9.17) is 5.84 Å². The molecule has 1 atom stereocenters. The van der Waals surface area contributed by atoms with E-state index in [0.717, 1.165) is 32.4 Å². The maximum atomic E-state index is 5.71. The number of nitrogens with one attached hydrogen (secondary N) is 1. The third-order valence-electron chi connectivity index (χ3n) is 3.22. The van der Waals surface area contributed by atoms with Crippen LogP contribution < -0.4 is 11.3 Å². The molecule has 0 saturated heterocycles. The average Bonchev–Trinajstić information content (AvgIpc) is 2.72. The van der Waals surface area contributed by atoms with Crippen LogP contribution in [0.3, 0.4) is 0 Å². The number of nitrogens with two attached hydrogens (primary N) is 1. The minimum Gasteiger partial charge on any atom is -0.271 e. The molecule has 108 valence electrons. The van der Waals surface area contributed by atoms with E-state index in [-0.39, 0.29) is 6.04 Å². The SMILES string of the molecule is CCc1nn(C)c(CC(NN)c2ncccc2Br)c1Br. The summed E-state index contributed by atoms with van der Waals surface area (Å²) >= 11 is 7.14. The Morgan fingerprint density at radius 2 is 2.20 bits per heavy atom. The van der Waals surface area contributed by atoms with Gasteiger partial charge in [0.05, 0.1) is 27.6 Å². The van der Waals surface area contributed by atoms with E-state index in [1.165, 1.54) is 0 Å². The van der Waals surface area contributed by atoms with E-state index in [1.807, 2.05) is 23.9 Å². The molecule has 2 heterocycles. The van der Waals surface area contributed by atoms with E-state index < -0.39 is 0 Å². The van der Waals surface area contributed by atoms with Gasteiger partial charge in [0, 0.05) is 24.1 Å². The number of hydrogen-bond donors (Lipinski definition) is 2. The van der Waals surface area contributed by atoms with Crippen LogP contribution in [0.1, 0.15) is 30.0 Å². The topological polar surface area (TPSA) is 68.8 Å². The van der Waals surface area contributed by atoms with Crippen molar-refractivity contribution in [3.8, 4) is 0 Å². The van der Waals surface area contributed by atoms with Crippen LogP contribution in [0, 0.1) is 0 Å². The summed E-state index contributed by atoms with van der Waals surface area (Å²) in [7, 11) is 1.94. The fraction of sp³-hybridized carbons (Fsp3) is 0.385. The molecule has 2 aromatic heterocycles. The van der Waals surface area contributed by atoms with Crippen molar-refractivity contribution in [2.45, 2.75) is 25.8 Å². The third kappa shape index (κ3) is 3.11. The first-order valence-corrected chi connectivity index (χ1v) is 7.93. The molecule has 2 aromatic rings. The molecule has 0 saturated carbocycles. The Morgan fingerprint density at radius 1 is 1.45 bits per heavy atom. The minimum absolute atomic E-state index is 0.0815. The number of halogens is 2. The van der Waals surface area contributed by atoms with Gasteiger partial charge in [0.25, 0.3) is 0 Å². The molecule has 0 amide bonds. The van der Waals surface area contributed by atoms with Gasteiger partial charge in [-0.15, -0.1) is 0 Å². The fourth-order valence-electron chi connectivity index (χ4n) is 2.12. The zero-order chi connectivity index (χ0) is 14.7. The van der Waals surface area contributed by atoms with Gasteiger partial charge in [0.2, 0.25) is 0 Å². The lowest BCUT2D eigenvalue weighted by atomic mass is 10.1. The van der Waals surface area contributed by atoms with Gasteiger partial charge in [-0.3, -0.25) is 20.9 Å². The van der Waals surface area contributed by atoms with E-state index in [0.29, 0.717) is 6.42 Å². The molecule has 0 radical (unpaired) electrons. The molecule has 2 rings (SSSR count). The van der Waals surface area contributed by atoms with Crippen LogP contribution in [-0.2, 0) is 19.9 Å². The largest absolute Gasteiger partial charge is 0.271 e. The molecule has 0 aliphatic rings. The second-order valence-electron chi connectivity index (χ2n) is 4.48. The Balaban J connectivity index is 2.32. The fourth-order valence-corrected chi connectivity index (χ4v) is 3.43. The average molecular weight is 403 g/mol. The van der Waals surface area contributed by atoms with Crippen molar-refractivity contribution in [1.82, 2.24) is 20.2 Å². The number of nitrogens with zero attached hydrogens (tertiary/aromatic N) is 3. The molecular formula is C13H17Br2N5. The molecule has 0 aliphatic heterocycles.